The lowest BCUT2D eigenvalue weighted by atomic mass is 10.1. The molecule has 3 rings (SSSR count). The molecule has 1 aliphatic carbocycles. The summed E-state index contributed by atoms with van der Waals surface area (Å²) >= 11 is 1.58. The third kappa shape index (κ3) is 7.46. The summed E-state index contributed by atoms with van der Waals surface area (Å²) in [7, 11) is 1.34. The number of aryl methyl sites for hydroxylation is 1. The van der Waals surface area contributed by atoms with Gasteiger partial charge in [-0.15, -0.1) is 11.3 Å². The molecule has 182 valence electrons. The number of nitrogens with zero attached hydrogens (tertiary/aromatic N) is 1. The Hall–Kier alpha value is -2.08. The SMILES string of the molecule is COC(=O)NCCCc1cc([C@@H](C)N(C(=O)[C@H]2CCCCO2)C2CC2)sc1C#CC(C)(C)O. The van der Waals surface area contributed by atoms with Gasteiger partial charge in [0, 0.05) is 24.1 Å². The molecule has 2 amide bonds. The topological polar surface area (TPSA) is 88.1 Å². The fourth-order valence-electron chi connectivity index (χ4n) is 3.98. The highest BCUT2D eigenvalue weighted by atomic mass is 32.1. The molecule has 8 heteroatoms. The van der Waals surface area contributed by atoms with Crippen LogP contribution in [-0.4, -0.2) is 60.0 Å². The molecule has 1 aromatic heterocycles. The monoisotopic (exact) mass is 476 g/mol. The highest BCUT2D eigenvalue weighted by Crippen LogP contribution is 2.39. The van der Waals surface area contributed by atoms with Crippen molar-refractivity contribution in [3.63, 3.8) is 0 Å². The molecule has 7 nitrogen and oxygen atoms in total. The second-order valence-corrected chi connectivity index (χ2v) is 10.4. The number of carbonyl (C=O) groups excluding carboxylic acids is 2. The summed E-state index contributed by atoms with van der Waals surface area (Å²) in [6.07, 6.45) is 5.59. The lowest BCUT2D eigenvalue weighted by molar-refractivity contribution is -0.149. The van der Waals surface area contributed by atoms with Crippen LogP contribution in [0, 0.1) is 11.8 Å². The molecule has 0 spiro atoms. The molecule has 2 heterocycles. The summed E-state index contributed by atoms with van der Waals surface area (Å²) in [4.78, 5) is 28.7. The van der Waals surface area contributed by atoms with Crippen LogP contribution in [0.25, 0.3) is 0 Å². The summed E-state index contributed by atoms with van der Waals surface area (Å²) in [5.74, 6) is 6.16. The van der Waals surface area contributed by atoms with Crippen LogP contribution in [0.4, 0.5) is 4.79 Å². The predicted octanol–water partition coefficient (Wildman–Crippen LogP) is 3.78. The highest BCUT2D eigenvalue weighted by Gasteiger charge is 2.40. The molecule has 2 atom stereocenters. The van der Waals surface area contributed by atoms with Gasteiger partial charge >= 0.3 is 6.09 Å². The van der Waals surface area contributed by atoms with Gasteiger partial charge in [-0.1, -0.05) is 11.8 Å². The summed E-state index contributed by atoms with van der Waals surface area (Å²) in [6.45, 7) is 6.56. The maximum Gasteiger partial charge on any atom is 0.406 e. The molecule has 1 aliphatic heterocycles. The Morgan fingerprint density at radius 2 is 2.12 bits per heavy atom. The van der Waals surface area contributed by atoms with E-state index in [1.807, 2.05) is 4.90 Å². The number of aliphatic hydroxyl groups is 1. The summed E-state index contributed by atoms with van der Waals surface area (Å²) in [5.41, 5.74) is -0.0178. The lowest BCUT2D eigenvalue weighted by Crippen LogP contribution is -2.44. The van der Waals surface area contributed by atoms with E-state index in [1.165, 1.54) is 7.11 Å². The van der Waals surface area contributed by atoms with Gasteiger partial charge in [0.2, 0.25) is 0 Å². The first-order valence-corrected chi connectivity index (χ1v) is 12.6. The molecule has 1 saturated carbocycles. The molecular weight excluding hydrogens is 440 g/mol. The minimum absolute atomic E-state index is 0.0647. The van der Waals surface area contributed by atoms with Gasteiger partial charge in [-0.2, -0.15) is 0 Å². The average molecular weight is 477 g/mol. The molecule has 2 N–H and O–H groups in total. The molecule has 0 aromatic carbocycles. The van der Waals surface area contributed by atoms with Gasteiger partial charge in [0.05, 0.1) is 18.0 Å². The molecule has 0 unspecified atom stereocenters. The Balaban J connectivity index is 1.79. The third-order valence-corrected chi connectivity index (χ3v) is 7.13. The summed E-state index contributed by atoms with van der Waals surface area (Å²) in [5, 5.41) is 12.8. The molecule has 33 heavy (non-hydrogen) atoms. The van der Waals surface area contributed by atoms with E-state index in [0.717, 1.165) is 60.3 Å². The smallest absolute Gasteiger partial charge is 0.406 e. The molecule has 0 radical (unpaired) electrons. The van der Waals surface area contributed by atoms with Crippen molar-refractivity contribution in [1.82, 2.24) is 10.2 Å². The molecule has 2 aliphatic rings. The second-order valence-electron chi connectivity index (χ2n) is 9.34. The molecule has 1 aromatic rings. The van der Waals surface area contributed by atoms with E-state index >= 15 is 0 Å². The van der Waals surface area contributed by atoms with E-state index in [9.17, 15) is 14.7 Å². The number of ether oxygens (including phenoxy) is 2. The Kier molecular flexibility index (Phi) is 8.80. The largest absolute Gasteiger partial charge is 0.453 e. The fraction of sp³-hybridized carbons (Fsp3) is 0.680. The number of thiophene rings is 1. The maximum absolute atomic E-state index is 13.3. The minimum Gasteiger partial charge on any atom is -0.453 e. The van der Waals surface area contributed by atoms with Crippen molar-refractivity contribution >= 4 is 23.3 Å². The van der Waals surface area contributed by atoms with E-state index in [-0.39, 0.29) is 24.1 Å². The van der Waals surface area contributed by atoms with Crippen LogP contribution in [0.15, 0.2) is 6.07 Å². The van der Waals surface area contributed by atoms with E-state index in [1.54, 1.807) is 25.2 Å². The molecule has 0 bridgehead atoms. The van der Waals surface area contributed by atoms with Crippen LogP contribution in [0.3, 0.4) is 0 Å². The lowest BCUT2D eigenvalue weighted by Gasteiger charge is -2.33. The first kappa shape index (κ1) is 25.5. The van der Waals surface area contributed by atoms with E-state index in [0.29, 0.717) is 13.2 Å². The highest BCUT2D eigenvalue weighted by molar-refractivity contribution is 7.12. The van der Waals surface area contributed by atoms with Gasteiger partial charge in [-0.25, -0.2) is 4.79 Å². The Labute approximate surface area is 200 Å². The number of hydrogen-bond acceptors (Lipinski definition) is 6. The van der Waals surface area contributed by atoms with Crippen molar-refractivity contribution < 1.29 is 24.2 Å². The van der Waals surface area contributed by atoms with Gasteiger partial charge in [-0.3, -0.25) is 4.79 Å². The van der Waals surface area contributed by atoms with Crippen molar-refractivity contribution in [1.29, 1.82) is 0 Å². The quantitative estimate of drug-likeness (QED) is 0.440. The van der Waals surface area contributed by atoms with Crippen LogP contribution >= 0.6 is 11.3 Å². The predicted molar refractivity (Wildman–Crippen MR) is 128 cm³/mol. The summed E-state index contributed by atoms with van der Waals surface area (Å²) < 4.78 is 10.4. The second kappa shape index (κ2) is 11.4. The molecule has 1 saturated heterocycles. The van der Waals surface area contributed by atoms with Crippen molar-refractivity contribution in [2.45, 2.75) is 89.5 Å². The number of hydrogen-bond donors (Lipinski definition) is 2. The molecular formula is C25H36N2O5S. The number of alkyl carbamates (subject to hydrolysis) is 1. The van der Waals surface area contributed by atoms with Gasteiger partial charge < -0.3 is 24.8 Å². The zero-order valence-corrected chi connectivity index (χ0v) is 20.9. The van der Waals surface area contributed by atoms with E-state index in [2.05, 4.69) is 34.9 Å². The Morgan fingerprint density at radius 1 is 1.36 bits per heavy atom. The number of carbonyl (C=O) groups is 2. The normalized spacial score (nSPS) is 19.2. The van der Waals surface area contributed by atoms with Crippen LogP contribution in [0.2, 0.25) is 0 Å². The minimum atomic E-state index is -1.09. The fourth-order valence-corrected chi connectivity index (χ4v) is 5.09. The van der Waals surface area contributed by atoms with Crippen molar-refractivity contribution in [3.8, 4) is 11.8 Å². The summed E-state index contributed by atoms with van der Waals surface area (Å²) in [6, 6.07) is 2.34. The van der Waals surface area contributed by atoms with Gasteiger partial charge in [-0.05, 0) is 77.3 Å². The standard InChI is InChI=1S/C25H36N2O5S/c1-17(27(19-10-11-19)23(28)20-9-5-6-15-32-20)22-16-18(8-7-14-26-24(29)31-4)21(33-22)12-13-25(2,3)30/h16-17,19-20,30H,5-11,14-15H2,1-4H3,(H,26,29)/t17-,20-/m1/s1. The number of rotatable bonds is 8. The maximum atomic E-state index is 13.3. The van der Waals surface area contributed by atoms with Gasteiger partial charge in [0.25, 0.3) is 5.91 Å². The van der Waals surface area contributed by atoms with Crippen LogP contribution < -0.4 is 5.32 Å². The Morgan fingerprint density at radius 3 is 2.73 bits per heavy atom. The van der Waals surface area contributed by atoms with Crippen LogP contribution in [0.1, 0.15) is 80.7 Å². The van der Waals surface area contributed by atoms with Crippen LogP contribution in [-0.2, 0) is 20.7 Å². The number of amides is 2. The average Bonchev–Trinajstić information content (AvgIpc) is 3.54. The first-order valence-electron chi connectivity index (χ1n) is 11.8. The third-order valence-electron chi connectivity index (χ3n) is 5.87. The van der Waals surface area contributed by atoms with Crippen molar-refractivity contribution in [2.24, 2.45) is 0 Å². The van der Waals surface area contributed by atoms with Gasteiger partial charge in [0.15, 0.2) is 0 Å². The van der Waals surface area contributed by atoms with Crippen LogP contribution in [0.5, 0.6) is 0 Å². The van der Waals surface area contributed by atoms with E-state index < -0.39 is 11.7 Å². The number of nitrogens with one attached hydrogen (secondary N) is 1. The Bertz CT molecular complexity index is 885. The van der Waals surface area contributed by atoms with Crippen molar-refractivity contribution in [2.75, 3.05) is 20.3 Å². The van der Waals surface area contributed by atoms with Gasteiger partial charge in [0.1, 0.15) is 11.7 Å². The zero-order valence-electron chi connectivity index (χ0n) is 20.1. The van der Waals surface area contributed by atoms with E-state index in [4.69, 9.17) is 4.74 Å². The molecule has 2 fully saturated rings. The first-order chi connectivity index (χ1) is 15.7. The zero-order chi connectivity index (χ0) is 24.0. The van der Waals surface area contributed by atoms with Crippen molar-refractivity contribution in [3.05, 3.63) is 21.4 Å². The number of methoxy groups -OCH3 is 1.